The van der Waals surface area contributed by atoms with Gasteiger partial charge in [0, 0.05) is 6.54 Å². The molecule has 2 unspecified atom stereocenters. The van der Waals surface area contributed by atoms with Crippen molar-refractivity contribution in [2.45, 2.75) is 65.0 Å². The first-order valence-corrected chi connectivity index (χ1v) is 7.65. The van der Waals surface area contributed by atoms with Crippen LogP contribution in [0, 0.1) is 11.8 Å². The van der Waals surface area contributed by atoms with Crippen LogP contribution < -0.4 is 5.32 Å². The number of hydrogen-bond donors (Lipinski definition) is 1. The average Bonchev–Trinajstić information content (AvgIpc) is 3.16. The van der Waals surface area contributed by atoms with Gasteiger partial charge in [0.25, 0.3) is 0 Å². The van der Waals surface area contributed by atoms with E-state index in [0.717, 1.165) is 32.2 Å². The van der Waals surface area contributed by atoms with Crippen LogP contribution in [-0.4, -0.2) is 35.3 Å². The quantitative estimate of drug-likeness (QED) is 0.798. The van der Waals surface area contributed by atoms with Gasteiger partial charge < -0.3 is 10.2 Å². The highest BCUT2D eigenvalue weighted by Crippen LogP contribution is 2.37. The molecule has 1 aliphatic heterocycles. The Labute approximate surface area is 115 Å². The fourth-order valence-electron chi connectivity index (χ4n) is 2.87. The number of piperazine rings is 1. The second-order valence-corrected chi connectivity index (χ2v) is 6.32. The summed E-state index contributed by atoms with van der Waals surface area (Å²) >= 11 is 0. The van der Waals surface area contributed by atoms with Gasteiger partial charge in [0.15, 0.2) is 0 Å². The van der Waals surface area contributed by atoms with Crippen LogP contribution >= 0.6 is 0 Å². The summed E-state index contributed by atoms with van der Waals surface area (Å²) in [6.07, 6.45) is 4.96. The van der Waals surface area contributed by atoms with Gasteiger partial charge in [0.1, 0.15) is 12.1 Å². The molecule has 0 bridgehead atoms. The van der Waals surface area contributed by atoms with Crippen molar-refractivity contribution in [3.05, 3.63) is 0 Å². The highest BCUT2D eigenvalue weighted by molar-refractivity contribution is 5.97. The molecule has 0 aromatic rings. The maximum Gasteiger partial charge on any atom is 0.245 e. The fraction of sp³-hybridized carbons (Fsp3) is 0.867. The number of rotatable bonds is 6. The van der Waals surface area contributed by atoms with Crippen molar-refractivity contribution < 1.29 is 9.59 Å². The molecule has 4 heteroatoms. The fourth-order valence-corrected chi connectivity index (χ4v) is 2.87. The number of carbonyl (C=O) groups excluding carboxylic acids is 2. The first kappa shape index (κ1) is 14.4. The van der Waals surface area contributed by atoms with E-state index >= 15 is 0 Å². The number of hydrogen-bond acceptors (Lipinski definition) is 2. The van der Waals surface area contributed by atoms with Crippen molar-refractivity contribution in [3.8, 4) is 0 Å². The molecule has 0 aromatic carbocycles. The Kier molecular flexibility index (Phi) is 4.48. The molecule has 2 aliphatic rings. The first-order valence-electron chi connectivity index (χ1n) is 7.65. The Morgan fingerprint density at radius 2 is 2.00 bits per heavy atom. The molecule has 1 N–H and O–H groups in total. The van der Waals surface area contributed by atoms with Crippen molar-refractivity contribution in [2.24, 2.45) is 11.8 Å². The van der Waals surface area contributed by atoms with Gasteiger partial charge >= 0.3 is 0 Å². The van der Waals surface area contributed by atoms with Gasteiger partial charge in [-0.1, -0.05) is 20.8 Å². The van der Waals surface area contributed by atoms with Gasteiger partial charge in [-0.15, -0.1) is 0 Å². The second kappa shape index (κ2) is 5.93. The lowest BCUT2D eigenvalue weighted by Gasteiger charge is -2.39. The molecule has 1 saturated heterocycles. The number of amides is 2. The van der Waals surface area contributed by atoms with E-state index in [9.17, 15) is 9.59 Å². The molecule has 0 radical (unpaired) electrons. The van der Waals surface area contributed by atoms with Gasteiger partial charge in [0.2, 0.25) is 11.8 Å². The molecular formula is C15H26N2O2. The molecule has 19 heavy (non-hydrogen) atoms. The number of nitrogens with zero attached hydrogens (tertiary/aromatic N) is 1. The molecule has 4 nitrogen and oxygen atoms in total. The number of carbonyl (C=O) groups is 2. The predicted octanol–water partition coefficient (Wildman–Crippen LogP) is 1.94. The second-order valence-electron chi connectivity index (χ2n) is 6.32. The third-order valence-electron chi connectivity index (χ3n) is 4.16. The summed E-state index contributed by atoms with van der Waals surface area (Å²) in [6.45, 7) is 7.07. The monoisotopic (exact) mass is 266 g/mol. The molecule has 2 amide bonds. The van der Waals surface area contributed by atoms with Crippen LogP contribution in [0.25, 0.3) is 0 Å². The molecule has 1 heterocycles. The predicted molar refractivity (Wildman–Crippen MR) is 74.5 cm³/mol. The molecular weight excluding hydrogens is 240 g/mol. The van der Waals surface area contributed by atoms with Crippen LogP contribution in [0.1, 0.15) is 52.9 Å². The van der Waals surface area contributed by atoms with E-state index in [1.165, 1.54) is 0 Å². The van der Waals surface area contributed by atoms with E-state index in [1.807, 2.05) is 11.8 Å². The zero-order chi connectivity index (χ0) is 14.0. The summed E-state index contributed by atoms with van der Waals surface area (Å²) in [7, 11) is 0. The molecule has 2 atom stereocenters. The lowest BCUT2D eigenvalue weighted by molar-refractivity contribution is -0.150. The maximum atomic E-state index is 12.4. The number of nitrogens with one attached hydrogen (secondary N) is 1. The molecule has 0 aromatic heterocycles. The summed E-state index contributed by atoms with van der Waals surface area (Å²) in [5, 5.41) is 2.89. The standard InChI is InChI=1S/C15H26N2O2/c1-4-12-15(19)17(9-5-6-10(2)3)13(11-7-8-11)14(18)16-12/h10-13H,4-9H2,1-3H3,(H,16,18). The van der Waals surface area contributed by atoms with Crippen LogP contribution in [-0.2, 0) is 9.59 Å². The summed E-state index contributed by atoms with van der Waals surface area (Å²) in [5.41, 5.74) is 0. The lowest BCUT2D eigenvalue weighted by Crippen LogP contribution is -2.64. The summed E-state index contributed by atoms with van der Waals surface area (Å²) in [4.78, 5) is 26.5. The molecule has 2 rings (SSSR count). The van der Waals surface area contributed by atoms with Gasteiger partial charge in [0.05, 0.1) is 0 Å². The van der Waals surface area contributed by atoms with E-state index in [1.54, 1.807) is 0 Å². The molecule has 1 saturated carbocycles. The zero-order valence-corrected chi connectivity index (χ0v) is 12.3. The topological polar surface area (TPSA) is 49.4 Å². The Balaban J connectivity index is 2.03. The smallest absolute Gasteiger partial charge is 0.245 e. The molecule has 0 spiro atoms. The van der Waals surface area contributed by atoms with E-state index in [2.05, 4.69) is 19.2 Å². The van der Waals surface area contributed by atoms with Crippen molar-refractivity contribution in [3.63, 3.8) is 0 Å². The van der Waals surface area contributed by atoms with Gasteiger partial charge in [-0.25, -0.2) is 0 Å². The highest BCUT2D eigenvalue weighted by atomic mass is 16.2. The van der Waals surface area contributed by atoms with Crippen LogP contribution in [0.4, 0.5) is 0 Å². The van der Waals surface area contributed by atoms with Gasteiger partial charge in [-0.05, 0) is 43.9 Å². The largest absolute Gasteiger partial charge is 0.343 e. The molecule has 1 aliphatic carbocycles. The third kappa shape index (κ3) is 3.28. The van der Waals surface area contributed by atoms with E-state index in [0.29, 0.717) is 18.3 Å². The Hall–Kier alpha value is -1.06. The van der Waals surface area contributed by atoms with Crippen LogP contribution in [0.2, 0.25) is 0 Å². The minimum atomic E-state index is -0.304. The minimum Gasteiger partial charge on any atom is -0.343 e. The van der Waals surface area contributed by atoms with E-state index in [-0.39, 0.29) is 23.9 Å². The Bertz CT molecular complexity index is 350. The van der Waals surface area contributed by atoms with Crippen LogP contribution in [0.3, 0.4) is 0 Å². The van der Waals surface area contributed by atoms with E-state index < -0.39 is 0 Å². The maximum absolute atomic E-state index is 12.4. The molecule has 108 valence electrons. The zero-order valence-electron chi connectivity index (χ0n) is 12.3. The summed E-state index contributed by atoms with van der Waals surface area (Å²) in [5.74, 6) is 1.25. The highest BCUT2D eigenvalue weighted by Gasteiger charge is 2.46. The minimum absolute atomic E-state index is 0.0681. The Morgan fingerprint density at radius 3 is 2.53 bits per heavy atom. The lowest BCUT2D eigenvalue weighted by atomic mass is 10.00. The van der Waals surface area contributed by atoms with Crippen molar-refractivity contribution in [1.29, 1.82) is 0 Å². The average molecular weight is 266 g/mol. The summed E-state index contributed by atoms with van der Waals surface area (Å²) < 4.78 is 0. The SMILES string of the molecule is CCC1NC(=O)C(C2CC2)N(CCCC(C)C)C1=O. The van der Waals surface area contributed by atoms with Crippen molar-refractivity contribution in [1.82, 2.24) is 10.2 Å². The first-order chi connectivity index (χ1) is 9.04. The van der Waals surface area contributed by atoms with Crippen LogP contribution in [0.15, 0.2) is 0 Å². The van der Waals surface area contributed by atoms with Gasteiger partial charge in [-0.3, -0.25) is 9.59 Å². The summed E-state index contributed by atoms with van der Waals surface area (Å²) in [6, 6.07) is -0.496. The van der Waals surface area contributed by atoms with Crippen molar-refractivity contribution in [2.75, 3.05) is 6.54 Å². The normalized spacial score (nSPS) is 27.9. The Morgan fingerprint density at radius 1 is 1.32 bits per heavy atom. The van der Waals surface area contributed by atoms with Crippen molar-refractivity contribution >= 4 is 11.8 Å². The third-order valence-corrected chi connectivity index (χ3v) is 4.16. The van der Waals surface area contributed by atoms with Crippen LogP contribution in [0.5, 0.6) is 0 Å². The molecule has 2 fully saturated rings. The van der Waals surface area contributed by atoms with Gasteiger partial charge in [-0.2, -0.15) is 0 Å². The van der Waals surface area contributed by atoms with E-state index in [4.69, 9.17) is 0 Å².